The van der Waals surface area contributed by atoms with E-state index in [0.717, 1.165) is 0 Å². The van der Waals surface area contributed by atoms with Gasteiger partial charge in [0.05, 0.1) is 0 Å². The first-order chi connectivity index (χ1) is 7.07. The smallest absolute Gasteiger partial charge is 0.321 e. The summed E-state index contributed by atoms with van der Waals surface area (Å²) >= 11 is 0. The lowest BCUT2D eigenvalue weighted by molar-refractivity contribution is -0.139. The van der Waals surface area contributed by atoms with E-state index in [9.17, 15) is 13.2 Å². The highest BCUT2D eigenvalue weighted by Gasteiger charge is 2.26. The number of carboxylic acids is 1. The molecule has 0 rings (SSSR count). The normalized spacial score (nSPS) is 14.8. The maximum atomic E-state index is 11.6. The molecule has 6 nitrogen and oxygen atoms in total. The number of rotatable bonds is 6. The van der Waals surface area contributed by atoms with Crippen molar-refractivity contribution in [3.63, 3.8) is 0 Å². The minimum absolute atomic E-state index is 0.264. The van der Waals surface area contributed by atoms with Crippen molar-refractivity contribution in [1.82, 2.24) is 9.44 Å². The van der Waals surface area contributed by atoms with Crippen molar-refractivity contribution in [2.45, 2.75) is 52.1 Å². The molecule has 0 bridgehead atoms. The van der Waals surface area contributed by atoms with E-state index in [1.54, 1.807) is 27.7 Å². The van der Waals surface area contributed by atoms with Crippen molar-refractivity contribution < 1.29 is 18.3 Å². The van der Waals surface area contributed by atoms with Gasteiger partial charge in [0.1, 0.15) is 6.04 Å². The molecule has 0 spiro atoms. The van der Waals surface area contributed by atoms with Crippen LogP contribution in [0.1, 0.15) is 40.5 Å². The van der Waals surface area contributed by atoms with Crippen LogP contribution in [0.25, 0.3) is 0 Å². The van der Waals surface area contributed by atoms with Crippen LogP contribution in [0, 0.1) is 0 Å². The van der Waals surface area contributed by atoms with E-state index in [2.05, 4.69) is 9.44 Å². The number of hydrogen-bond acceptors (Lipinski definition) is 3. The van der Waals surface area contributed by atoms with Crippen molar-refractivity contribution in [1.29, 1.82) is 0 Å². The van der Waals surface area contributed by atoms with E-state index >= 15 is 0 Å². The standard InChI is InChI=1S/C9H20N2O4S/c1-5-6-7(8(12)13)10-16(14,15)11-9(2,3)4/h7,10-11H,5-6H2,1-4H3,(H,12,13)/t7-/m0/s1. The first-order valence-electron chi connectivity index (χ1n) is 5.11. The Morgan fingerprint density at radius 3 is 2.19 bits per heavy atom. The Balaban J connectivity index is 4.61. The van der Waals surface area contributed by atoms with Crippen LogP contribution >= 0.6 is 0 Å². The quantitative estimate of drug-likeness (QED) is 0.640. The van der Waals surface area contributed by atoms with E-state index in [1.807, 2.05) is 0 Å². The highest BCUT2D eigenvalue weighted by molar-refractivity contribution is 7.87. The number of carbonyl (C=O) groups is 1. The first-order valence-corrected chi connectivity index (χ1v) is 6.60. The number of carboxylic acid groups (broad SMARTS) is 1. The van der Waals surface area contributed by atoms with Gasteiger partial charge in [-0.3, -0.25) is 4.79 Å². The van der Waals surface area contributed by atoms with E-state index in [-0.39, 0.29) is 6.42 Å². The Morgan fingerprint density at radius 1 is 1.38 bits per heavy atom. The molecule has 0 amide bonds. The monoisotopic (exact) mass is 252 g/mol. The van der Waals surface area contributed by atoms with Crippen molar-refractivity contribution in [2.75, 3.05) is 0 Å². The molecule has 0 aromatic carbocycles. The van der Waals surface area contributed by atoms with Crippen LogP contribution < -0.4 is 9.44 Å². The predicted octanol–water partition coefficient (Wildman–Crippen LogP) is 0.462. The van der Waals surface area contributed by atoms with Gasteiger partial charge in [0.25, 0.3) is 10.2 Å². The zero-order valence-corrected chi connectivity index (χ0v) is 10.9. The molecule has 3 N–H and O–H groups in total. The largest absolute Gasteiger partial charge is 0.480 e. The van der Waals surface area contributed by atoms with Crippen molar-refractivity contribution in [2.24, 2.45) is 0 Å². The molecule has 0 aliphatic heterocycles. The van der Waals surface area contributed by atoms with Gasteiger partial charge in [-0.05, 0) is 27.2 Å². The Bertz CT molecular complexity index is 332. The van der Waals surface area contributed by atoms with Gasteiger partial charge in [0.15, 0.2) is 0 Å². The van der Waals surface area contributed by atoms with E-state index in [0.29, 0.717) is 6.42 Å². The molecule has 0 saturated carbocycles. The molecule has 1 atom stereocenters. The molecule has 0 radical (unpaired) electrons. The molecule has 0 aromatic heterocycles. The molecule has 16 heavy (non-hydrogen) atoms. The summed E-state index contributed by atoms with van der Waals surface area (Å²) in [6.07, 6.45) is 0.857. The Kier molecular flexibility index (Phi) is 5.37. The third-order valence-electron chi connectivity index (χ3n) is 1.61. The van der Waals surface area contributed by atoms with Crippen LogP contribution in [-0.2, 0) is 15.0 Å². The van der Waals surface area contributed by atoms with Crippen molar-refractivity contribution in [3.8, 4) is 0 Å². The van der Waals surface area contributed by atoms with Crippen LogP contribution in [0.15, 0.2) is 0 Å². The fraction of sp³-hybridized carbons (Fsp3) is 0.889. The second-order valence-corrected chi connectivity index (χ2v) is 6.10. The molecule has 7 heteroatoms. The minimum Gasteiger partial charge on any atom is -0.480 e. The maximum absolute atomic E-state index is 11.6. The molecule has 0 heterocycles. The van der Waals surface area contributed by atoms with Crippen LogP contribution in [-0.4, -0.2) is 31.1 Å². The highest BCUT2D eigenvalue weighted by Crippen LogP contribution is 2.03. The third kappa shape index (κ3) is 6.76. The topological polar surface area (TPSA) is 95.5 Å². The molecule has 0 saturated heterocycles. The van der Waals surface area contributed by atoms with Crippen LogP contribution in [0.5, 0.6) is 0 Å². The van der Waals surface area contributed by atoms with Crippen molar-refractivity contribution in [3.05, 3.63) is 0 Å². The Labute approximate surface area is 96.6 Å². The van der Waals surface area contributed by atoms with Crippen molar-refractivity contribution >= 4 is 16.2 Å². The van der Waals surface area contributed by atoms with Gasteiger partial charge >= 0.3 is 5.97 Å². The zero-order valence-electron chi connectivity index (χ0n) is 10.1. The summed E-state index contributed by atoms with van der Waals surface area (Å²) in [6, 6.07) is -1.08. The minimum atomic E-state index is -3.79. The third-order valence-corrected chi connectivity index (χ3v) is 3.09. The average molecular weight is 252 g/mol. The van der Waals surface area contributed by atoms with Gasteiger partial charge in [-0.15, -0.1) is 0 Å². The number of hydrogen-bond donors (Lipinski definition) is 3. The lowest BCUT2D eigenvalue weighted by atomic mass is 10.1. The molecular weight excluding hydrogens is 232 g/mol. The summed E-state index contributed by atoms with van der Waals surface area (Å²) in [7, 11) is -3.79. The second kappa shape index (κ2) is 5.60. The van der Waals surface area contributed by atoms with Crippen LogP contribution in [0.3, 0.4) is 0 Å². The molecule has 0 aromatic rings. The molecule has 96 valence electrons. The maximum Gasteiger partial charge on any atom is 0.321 e. The lowest BCUT2D eigenvalue weighted by Crippen LogP contribution is -2.51. The Morgan fingerprint density at radius 2 is 1.88 bits per heavy atom. The Hall–Kier alpha value is -0.660. The van der Waals surface area contributed by atoms with Gasteiger partial charge in [-0.1, -0.05) is 13.3 Å². The van der Waals surface area contributed by atoms with E-state index < -0.39 is 27.8 Å². The predicted molar refractivity (Wildman–Crippen MR) is 61.3 cm³/mol. The fourth-order valence-corrected chi connectivity index (χ4v) is 2.60. The highest BCUT2D eigenvalue weighted by atomic mass is 32.2. The lowest BCUT2D eigenvalue weighted by Gasteiger charge is -2.22. The van der Waals surface area contributed by atoms with Gasteiger partial charge in [0, 0.05) is 5.54 Å². The van der Waals surface area contributed by atoms with Crippen LogP contribution in [0.2, 0.25) is 0 Å². The zero-order chi connectivity index (χ0) is 13.0. The fourth-order valence-electron chi connectivity index (χ4n) is 1.14. The summed E-state index contributed by atoms with van der Waals surface area (Å²) in [6.45, 7) is 6.84. The summed E-state index contributed by atoms with van der Waals surface area (Å²) in [5.74, 6) is -1.17. The first kappa shape index (κ1) is 15.3. The van der Waals surface area contributed by atoms with Gasteiger partial charge in [-0.25, -0.2) is 0 Å². The van der Waals surface area contributed by atoms with Gasteiger partial charge in [0.2, 0.25) is 0 Å². The molecule has 0 aliphatic carbocycles. The van der Waals surface area contributed by atoms with Crippen LogP contribution in [0.4, 0.5) is 0 Å². The van der Waals surface area contributed by atoms with Gasteiger partial charge in [-0.2, -0.15) is 17.9 Å². The number of aliphatic carboxylic acids is 1. The summed E-state index contributed by atoms with van der Waals surface area (Å²) < 4.78 is 27.5. The van der Waals surface area contributed by atoms with E-state index in [4.69, 9.17) is 5.11 Å². The SMILES string of the molecule is CCC[C@H](NS(=O)(=O)NC(C)(C)C)C(=O)O. The molecule has 0 aliphatic rings. The average Bonchev–Trinajstić information content (AvgIpc) is 1.97. The molecule has 0 unspecified atom stereocenters. The van der Waals surface area contributed by atoms with E-state index in [1.165, 1.54) is 0 Å². The molecular formula is C9H20N2O4S. The van der Waals surface area contributed by atoms with Gasteiger partial charge < -0.3 is 5.11 Å². The second-order valence-electron chi connectivity index (χ2n) is 4.65. The summed E-state index contributed by atoms with van der Waals surface area (Å²) in [5, 5.41) is 8.81. The summed E-state index contributed by atoms with van der Waals surface area (Å²) in [4.78, 5) is 10.8. The molecule has 0 fully saturated rings. The summed E-state index contributed by atoms with van der Waals surface area (Å²) in [5.41, 5.74) is -0.638. The number of nitrogens with one attached hydrogen (secondary N) is 2.